The van der Waals surface area contributed by atoms with Gasteiger partial charge in [-0.3, -0.25) is 0 Å². The maximum atomic E-state index is 11.1. The minimum atomic E-state index is -2.72. The van der Waals surface area contributed by atoms with E-state index < -0.39 is 9.84 Å². The van der Waals surface area contributed by atoms with Crippen LogP contribution in [0.2, 0.25) is 0 Å². The summed E-state index contributed by atoms with van der Waals surface area (Å²) in [7, 11) is -2.72. The van der Waals surface area contributed by atoms with Crippen molar-refractivity contribution in [1.82, 2.24) is 0 Å². The molecule has 0 amide bonds. The second-order valence-electron chi connectivity index (χ2n) is 3.94. The molecule has 0 spiro atoms. The first kappa shape index (κ1) is 11.0. The van der Waals surface area contributed by atoms with Crippen molar-refractivity contribution in [1.29, 1.82) is 0 Å². The van der Waals surface area contributed by atoms with E-state index in [0.29, 0.717) is 17.4 Å². The van der Waals surface area contributed by atoms with Crippen LogP contribution in [0.25, 0.3) is 0 Å². The summed E-state index contributed by atoms with van der Waals surface area (Å²) in [5.74, 6) is 1.12. The molecule has 13 heavy (non-hydrogen) atoms. The van der Waals surface area contributed by atoms with Crippen LogP contribution in [0.4, 0.5) is 0 Å². The fraction of sp³-hybridized carbons (Fsp3) is 1.00. The molecule has 1 aliphatic rings. The van der Waals surface area contributed by atoms with E-state index >= 15 is 0 Å². The molecule has 0 aromatic heterocycles. The van der Waals surface area contributed by atoms with E-state index in [1.165, 1.54) is 0 Å². The molecular formula is C9H19NO2S. The van der Waals surface area contributed by atoms with Gasteiger partial charge in [0.1, 0.15) is 9.84 Å². The second-order valence-corrected chi connectivity index (χ2v) is 6.25. The average Bonchev–Trinajstić information content (AvgIpc) is 2.04. The van der Waals surface area contributed by atoms with Gasteiger partial charge in [-0.15, -0.1) is 0 Å². The molecule has 0 aromatic rings. The fourth-order valence-corrected chi connectivity index (χ4v) is 3.43. The van der Waals surface area contributed by atoms with E-state index in [0.717, 1.165) is 25.7 Å². The van der Waals surface area contributed by atoms with Crippen LogP contribution in [0.1, 0.15) is 32.6 Å². The summed E-state index contributed by atoms with van der Waals surface area (Å²) >= 11 is 0. The zero-order valence-corrected chi connectivity index (χ0v) is 9.02. The Bertz CT molecular complexity index is 234. The van der Waals surface area contributed by atoms with Gasteiger partial charge >= 0.3 is 0 Å². The quantitative estimate of drug-likeness (QED) is 0.746. The molecule has 1 unspecified atom stereocenters. The summed E-state index contributed by atoms with van der Waals surface area (Å²) in [4.78, 5) is 0. The lowest BCUT2D eigenvalue weighted by Gasteiger charge is -2.27. The van der Waals surface area contributed by atoms with Crippen molar-refractivity contribution in [2.24, 2.45) is 11.7 Å². The smallest absolute Gasteiger partial charge is 0.150 e. The molecule has 2 N–H and O–H groups in total. The first-order valence-corrected chi connectivity index (χ1v) is 6.83. The van der Waals surface area contributed by atoms with Gasteiger partial charge in [-0.2, -0.15) is 0 Å². The molecule has 0 radical (unpaired) electrons. The van der Waals surface area contributed by atoms with E-state index in [9.17, 15) is 8.42 Å². The van der Waals surface area contributed by atoms with Crippen LogP contribution < -0.4 is 5.73 Å². The Morgan fingerprint density at radius 2 is 1.92 bits per heavy atom. The van der Waals surface area contributed by atoms with Crippen LogP contribution >= 0.6 is 0 Å². The lowest BCUT2D eigenvalue weighted by molar-refractivity contribution is 0.365. The van der Waals surface area contributed by atoms with Gasteiger partial charge in [0, 0.05) is 6.04 Å². The van der Waals surface area contributed by atoms with Crippen molar-refractivity contribution in [3.05, 3.63) is 0 Å². The van der Waals surface area contributed by atoms with Gasteiger partial charge in [0.15, 0.2) is 0 Å². The predicted molar refractivity (Wildman–Crippen MR) is 54.3 cm³/mol. The zero-order chi connectivity index (χ0) is 9.90. The van der Waals surface area contributed by atoms with Gasteiger partial charge in [-0.05, 0) is 25.2 Å². The Labute approximate surface area is 80.6 Å². The number of hydrogen-bond donors (Lipinski definition) is 1. The van der Waals surface area contributed by atoms with Crippen molar-refractivity contribution in [3.8, 4) is 0 Å². The Hall–Kier alpha value is -0.0900. The van der Waals surface area contributed by atoms with E-state index in [-0.39, 0.29) is 6.04 Å². The van der Waals surface area contributed by atoms with E-state index in [1.807, 2.05) is 0 Å². The highest BCUT2D eigenvalue weighted by atomic mass is 32.2. The van der Waals surface area contributed by atoms with Gasteiger partial charge in [0.25, 0.3) is 0 Å². The van der Waals surface area contributed by atoms with Gasteiger partial charge in [-0.25, -0.2) is 8.42 Å². The number of hydrogen-bond acceptors (Lipinski definition) is 3. The van der Waals surface area contributed by atoms with E-state index in [4.69, 9.17) is 5.73 Å². The third kappa shape index (κ3) is 3.27. The highest BCUT2D eigenvalue weighted by Gasteiger charge is 2.26. The molecule has 1 fully saturated rings. The Balaban J connectivity index is 2.40. The van der Waals surface area contributed by atoms with Gasteiger partial charge in [-0.1, -0.05) is 13.3 Å². The number of rotatable bonds is 3. The molecule has 1 atom stereocenters. The van der Waals surface area contributed by atoms with Crippen molar-refractivity contribution in [2.45, 2.75) is 38.6 Å². The Morgan fingerprint density at radius 3 is 2.38 bits per heavy atom. The van der Waals surface area contributed by atoms with Crippen molar-refractivity contribution < 1.29 is 8.42 Å². The summed E-state index contributed by atoms with van der Waals surface area (Å²) in [6.07, 6.45) is 3.64. The SMILES string of the molecule is CCCC(N)C1CCS(=O)(=O)CC1. The standard InChI is InChI=1S/C9H19NO2S/c1-2-3-9(10)8-4-6-13(11,12)7-5-8/h8-9H,2-7,10H2,1H3. The summed E-state index contributed by atoms with van der Waals surface area (Å²) in [5.41, 5.74) is 5.95. The summed E-state index contributed by atoms with van der Waals surface area (Å²) in [6.45, 7) is 2.11. The lowest BCUT2D eigenvalue weighted by atomic mass is 9.91. The summed E-state index contributed by atoms with van der Waals surface area (Å²) in [6, 6.07) is 0.209. The van der Waals surface area contributed by atoms with E-state index in [2.05, 4.69) is 6.92 Å². The maximum absolute atomic E-state index is 11.1. The number of nitrogens with two attached hydrogens (primary N) is 1. The van der Waals surface area contributed by atoms with Crippen LogP contribution in [0, 0.1) is 5.92 Å². The normalized spacial score (nSPS) is 25.7. The first-order valence-electron chi connectivity index (χ1n) is 5.01. The topological polar surface area (TPSA) is 60.2 Å². The molecule has 4 heteroatoms. The molecule has 0 saturated carbocycles. The molecule has 0 aromatic carbocycles. The Kier molecular flexibility index (Phi) is 3.74. The van der Waals surface area contributed by atoms with Crippen LogP contribution in [0.15, 0.2) is 0 Å². The van der Waals surface area contributed by atoms with Crippen molar-refractivity contribution >= 4 is 9.84 Å². The molecule has 1 aliphatic heterocycles. The molecule has 1 heterocycles. The number of sulfone groups is 1. The third-order valence-electron chi connectivity index (χ3n) is 2.83. The van der Waals surface area contributed by atoms with Crippen molar-refractivity contribution in [3.63, 3.8) is 0 Å². The predicted octanol–water partition coefficient (Wildman–Crippen LogP) is 0.939. The maximum Gasteiger partial charge on any atom is 0.150 e. The van der Waals surface area contributed by atoms with Crippen LogP contribution in [-0.4, -0.2) is 26.0 Å². The molecular weight excluding hydrogens is 186 g/mol. The summed E-state index contributed by atoms with van der Waals surface area (Å²) in [5, 5.41) is 0. The summed E-state index contributed by atoms with van der Waals surface area (Å²) < 4.78 is 22.3. The Morgan fingerprint density at radius 1 is 1.38 bits per heavy atom. The van der Waals surface area contributed by atoms with E-state index in [1.54, 1.807) is 0 Å². The molecule has 1 rings (SSSR count). The largest absolute Gasteiger partial charge is 0.327 e. The molecule has 1 saturated heterocycles. The average molecular weight is 205 g/mol. The first-order chi connectivity index (χ1) is 6.05. The molecule has 0 aliphatic carbocycles. The van der Waals surface area contributed by atoms with Crippen molar-refractivity contribution in [2.75, 3.05) is 11.5 Å². The highest BCUT2D eigenvalue weighted by Crippen LogP contribution is 2.22. The fourth-order valence-electron chi connectivity index (χ4n) is 1.91. The molecule has 3 nitrogen and oxygen atoms in total. The minimum Gasteiger partial charge on any atom is -0.327 e. The monoisotopic (exact) mass is 205 g/mol. The minimum absolute atomic E-state index is 0.209. The van der Waals surface area contributed by atoms with Crippen LogP contribution in [0.5, 0.6) is 0 Å². The van der Waals surface area contributed by atoms with Gasteiger partial charge in [0.2, 0.25) is 0 Å². The van der Waals surface area contributed by atoms with Gasteiger partial charge in [0.05, 0.1) is 11.5 Å². The van der Waals surface area contributed by atoms with Gasteiger partial charge < -0.3 is 5.73 Å². The third-order valence-corrected chi connectivity index (χ3v) is 4.54. The molecule has 78 valence electrons. The zero-order valence-electron chi connectivity index (χ0n) is 8.20. The van der Waals surface area contributed by atoms with Crippen LogP contribution in [0.3, 0.4) is 0 Å². The lowest BCUT2D eigenvalue weighted by Crippen LogP contribution is -2.36. The second kappa shape index (κ2) is 4.42. The molecule has 0 bridgehead atoms. The van der Waals surface area contributed by atoms with Crippen LogP contribution in [-0.2, 0) is 9.84 Å². The highest BCUT2D eigenvalue weighted by molar-refractivity contribution is 7.91.